The zero-order chi connectivity index (χ0) is 22.4. The van der Waals surface area contributed by atoms with Gasteiger partial charge in [0.15, 0.2) is 5.11 Å². The Kier molecular flexibility index (Phi) is 7.82. The molecule has 1 aromatic heterocycles. The summed E-state index contributed by atoms with van der Waals surface area (Å²) in [5, 5.41) is 5.10. The number of aromatic amines is 1. The fourth-order valence-corrected chi connectivity index (χ4v) is 3.75. The fourth-order valence-electron chi connectivity index (χ4n) is 3.49. The van der Waals surface area contributed by atoms with Gasteiger partial charge in [-0.25, -0.2) is 0 Å². The molecular formula is C25H32N4OS. The Labute approximate surface area is 190 Å². The maximum Gasteiger partial charge on any atom is 0.253 e. The third-order valence-corrected chi connectivity index (χ3v) is 5.94. The van der Waals surface area contributed by atoms with Crippen molar-refractivity contribution in [3.63, 3.8) is 0 Å². The Balaban J connectivity index is 1.75. The van der Waals surface area contributed by atoms with E-state index < -0.39 is 0 Å². The van der Waals surface area contributed by atoms with Crippen LogP contribution in [0.15, 0.2) is 53.3 Å². The zero-order valence-corrected chi connectivity index (χ0v) is 19.7. The number of thiocarbonyl (C=S) groups is 1. The topological polar surface area (TPSA) is 51.4 Å². The van der Waals surface area contributed by atoms with Crippen molar-refractivity contribution in [3.05, 3.63) is 81.1 Å². The predicted molar refractivity (Wildman–Crippen MR) is 134 cm³/mol. The highest BCUT2D eigenvalue weighted by atomic mass is 32.1. The number of hydrogen-bond acceptors (Lipinski definition) is 3. The minimum Gasteiger partial charge on any atom is -0.362 e. The van der Waals surface area contributed by atoms with Gasteiger partial charge in [-0.2, -0.15) is 0 Å². The molecule has 0 atom stereocenters. The summed E-state index contributed by atoms with van der Waals surface area (Å²) in [6.45, 7) is 6.98. The highest BCUT2D eigenvalue weighted by molar-refractivity contribution is 7.80. The first-order chi connectivity index (χ1) is 14.8. The molecule has 6 heteroatoms. The van der Waals surface area contributed by atoms with Crippen LogP contribution in [-0.2, 0) is 13.0 Å². The van der Waals surface area contributed by atoms with Gasteiger partial charge in [0.1, 0.15) is 0 Å². The maximum atomic E-state index is 12.8. The summed E-state index contributed by atoms with van der Waals surface area (Å²) in [4.78, 5) is 20.0. The number of rotatable bonds is 8. The molecule has 0 saturated carbocycles. The third kappa shape index (κ3) is 6.39. The van der Waals surface area contributed by atoms with E-state index in [1.54, 1.807) is 0 Å². The quantitative estimate of drug-likeness (QED) is 0.528. The Morgan fingerprint density at radius 3 is 2.45 bits per heavy atom. The third-order valence-electron chi connectivity index (χ3n) is 5.53. The molecule has 164 valence electrons. The molecule has 5 nitrogen and oxygen atoms in total. The molecule has 0 aliphatic carbocycles. The molecule has 2 N–H and O–H groups in total. The van der Waals surface area contributed by atoms with Crippen molar-refractivity contribution in [1.82, 2.24) is 20.1 Å². The highest BCUT2D eigenvalue weighted by Gasteiger charge is 2.14. The highest BCUT2D eigenvalue weighted by Crippen LogP contribution is 2.18. The summed E-state index contributed by atoms with van der Waals surface area (Å²) in [5.41, 5.74) is 5.20. The molecule has 0 fully saturated rings. The number of benzene rings is 2. The van der Waals surface area contributed by atoms with E-state index in [9.17, 15) is 4.79 Å². The molecule has 0 unspecified atom stereocenters. The Morgan fingerprint density at radius 1 is 1.03 bits per heavy atom. The average Bonchev–Trinajstić information content (AvgIpc) is 2.73. The molecule has 3 rings (SSSR count). The number of nitrogens with zero attached hydrogens (tertiary/aromatic N) is 2. The van der Waals surface area contributed by atoms with Gasteiger partial charge in [0.2, 0.25) is 0 Å². The van der Waals surface area contributed by atoms with Crippen LogP contribution in [0.4, 0.5) is 0 Å². The molecule has 0 saturated heterocycles. The van der Waals surface area contributed by atoms with Crippen LogP contribution in [0.5, 0.6) is 0 Å². The van der Waals surface area contributed by atoms with Crippen molar-refractivity contribution in [3.8, 4) is 0 Å². The van der Waals surface area contributed by atoms with Gasteiger partial charge in [-0.05, 0) is 86.9 Å². The van der Waals surface area contributed by atoms with E-state index in [2.05, 4.69) is 52.1 Å². The Bertz CT molecular complexity index is 1090. The van der Waals surface area contributed by atoms with Gasteiger partial charge in [0.05, 0.1) is 6.54 Å². The van der Waals surface area contributed by atoms with E-state index in [1.165, 1.54) is 16.7 Å². The van der Waals surface area contributed by atoms with Gasteiger partial charge >= 0.3 is 0 Å². The molecule has 31 heavy (non-hydrogen) atoms. The van der Waals surface area contributed by atoms with Gasteiger partial charge in [-0.3, -0.25) is 4.79 Å². The number of nitrogens with one attached hydrogen (secondary N) is 2. The van der Waals surface area contributed by atoms with Crippen LogP contribution in [0.1, 0.15) is 22.3 Å². The van der Waals surface area contributed by atoms with Crippen molar-refractivity contribution in [1.29, 1.82) is 0 Å². The Morgan fingerprint density at radius 2 is 1.74 bits per heavy atom. The van der Waals surface area contributed by atoms with E-state index in [0.717, 1.165) is 42.5 Å². The Hall–Kier alpha value is -2.70. The van der Waals surface area contributed by atoms with Crippen LogP contribution in [0, 0.1) is 13.8 Å². The van der Waals surface area contributed by atoms with Crippen molar-refractivity contribution in [2.45, 2.75) is 26.8 Å². The largest absolute Gasteiger partial charge is 0.362 e. The number of fused-ring (bicyclic) bond motifs is 1. The number of likely N-dealkylation sites (N-methyl/N-ethyl adjacent to an activating group) is 1. The minimum atomic E-state index is -0.0577. The van der Waals surface area contributed by atoms with Crippen molar-refractivity contribution in [2.75, 3.05) is 33.7 Å². The van der Waals surface area contributed by atoms with E-state index in [1.807, 2.05) is 44.4 Å². The number of pyridine rings is 1. The van der Waals surface area contributed by atoms with Crippen LogP contribution >= 0.6 is 12.2 Å². The van der Waals surface area contributed by atoms with Crippen molar-refractivity contribution < 1.29 is 0 Å². The summed E-state index contributed by atoms with van der Waals surface area (Å²) in [6, 6.07) is 16.5. The monoisotopic (exact) mass is 436 g/mol. The van der Waals surface area contributed by atoms with E-state index in [-0.39, 0.29) is 5.56 Å². The van der Waals surface area contributed by atoms with Crippen molar-refractivity contribution in [2.24, 2.45) is 0 Å². The second kappa shape index (κ2) is 10.6. The zero-order valence-electron chi connectivity index (χ0n) is 18.9. The molecule has 2 aromatic carbocycles. The molecule has 0 amide bonds. The smallest absolute Gasteiger partial charge is 0.253 e. The first-order valence-corrected chi connectivity index (χ1v) is 11.1. The van der Waals surface area contributed by atoms with Crippen LogP contribution in [0.25, 0.3) is 10.9 Å². The second-order valence-corrected chi connectivity index (χ2v) is 8.73. The van der Waals surface area contributed by atoms with Crippen LogP contribution in [0.2, 0.25) is 0 Å². The van der Waals surface area contributed by atoms with Gasteiger partial charge in [0, 0.05) is 30.7 Å². The van der Waals surface area contributed by atoms with Crippen LogP contribution < -0.4 is 10.9 Å². The van der Waals surface area contributed by atoms with E-state index >= 15 is 0 Å². The van der Waals surface area contributed by atoms with Crippen LogP contribution in [0.3, 0.4) is 0 Å². The minimum absolute atomic E-state index is 0.0577. The lowest BCUT2D eigenvalue weighted by atomic mass is 10.0. The average molecular weight is 437 g/mol. The number of hydrogen-bond donors (Lipinski definition) is 2. The number of aryl methyl sites for hydroxylation is 2. The normalized spacial score (nSPS) is 11.1. The first-order valence-electron chi connectivity index (χ1n) is 10.7. The molecule has 0 bridgehead atoms. The first kappa shape index (κ1) is 23.0. The lowest BCUT2D eigenvalue weighted by molar-refractivity contribution is 0.322. The van der Waals surface area contributed by atoms with Gasteiger partial charge in [-0.15, -0.1) is 0 Å². The molecule has 1 heterocycles. The molecule has 0 aliphatic heterocycles. The number of aromatic nitrogens is 1. The van der Waals surface area contributed by atoms with E-state index in [4.69, 9.17) is 12.2 Å². The standard InChI is InChI=1S/C25H32N4OS/c1-18-14-21-16-22(24(30)27-23(21)15-19(18)2)17-29(13-12-28(3)4)25(31)26-11-10-20-8-6-5-7-9-20/h5-9,14-16H,10-13,17H2,1-4H3,(H,26,31)(H,27,30). The summed E-state index contributed by atoms with van der Waals surface area (Å²) in [5.74, 6) is 0. The molecule has 0 spiro atoms. The molecule has 0 aliphatic rings. The second-order valence-electron chi connectivity index (χ2n) is 8.34. The van der Waals surface area contributed by atoms with Gasteiger partial charge < -0.3 is 20.1 Å². The van der Waals surface area contributed by atoms with Gasteiger partial charge in [0.25, 0.3) is 5.56 Å². The molecule has 0 radical (unpaired) electrons. The molecule has 3 aromatic rings. The van der Waals surface area contributed by atoms with Crippen LogP contribution in [-0.4, -0.2) is 53.6 Å². The summed E-state index contributed by atoms with van der Waals surface area (Å²) in [6.07, 6.45) is 0.900. The maximum absolute atomic E-state index is 12.8. The van der Waals surface area contributed by atoms with Crippen molar-refractivity contribution >= 4 is 28.2 Å². The summed E-state index contributed by atoms with van der Waals surface area (Å²) in [7, 11) is 4.08. The SMILES string of the molecule is Cc1cc2cc(CN(CCN(C)C)C(=S)NCCc3ccccc3)c(=O)[nH]c2cc1C. The van der Waals surface area contributed by atoms with E-state index in [0.29, 0.717) is 11.7 Å². The fraction of sp³-hybridized carbons (Fsp3) is 0.360. The van der Waals surface area contributed by atoms with Gasteiger partial charge in [-0.1, -0.05) is 30.3 Å². The molecular weight excluding hydrogens is 404 g/mol. The lowest BCUT2D eigenvalue weighted by Gasteiger charge is -2.27. The summed E-state index contributed by atoms with van der Waals surface area (Å²) >= 11 is 5.70. The number of H-pyrrole nitrogens is 1. The summed E-state index contributed by atoms with van der Waals surface area (Å²) < 4.78 is 0. The predicted octanol–water partition coefficient (Wildman–Crippen LogP) is 3.63. The lowest BCUT2D eigenvalue weighted by Crippen LogP contribution is -2.43.